The van der Waals surface area contributed by atoms with Gasteiger partial charge in [0, 0.05) is 15.6 Å². The molecule has 0 radical (unpaired) electrons. The Balaban J connectivity index is 1.60. The molecule has 3 aromatic rings. The zero-order valence-corrected chi connectivity index (χ0v) is 19.4. The number of carbonyl (C=O) groups is 3. The van der Waals surface area contributed by atoms with E-state index in [1.807, 2.05) is 18.2 Å². The summed E-state index contributed by atoms with van der Waals surface area (Å²) in [6.45, 7) is 0.232. The van der Waals surface area contributed by atoms with Crippen LogP contribution in [0.5, 0.6) is 11.5 Å². The Morgan fingerprint density at radius 1 is 0.941 bits per heavy atom. The van der Waals surface area contributed by atoms with Gasteiger partial charge in [0.1, 0.15) is 12.2 Å². The molecule has 0 aliphatic carbocycles. The summed E-state index contributed by atoms with van der Waals surface area (Å²) >= 11 is 12.1. The summed E-state index contributed by atoms with van der Waals surface area (Å²) in [5.41, 5.74) is 1.40. The van der Waals surface area contributed by atoms with Crippen LogP contribution >= 0.6 is 23.2 Å². The van der Waals surface area contributed by atoms with Gasteiger partial charge in [0.05, 0.1) is 12.8 Å². The van der Waals surface area contributed by atoms with Crippen molar-refractivity contribution in [2.24, 2.45) is 0 Å². The first-order chi connectivity index (χ1) is 16.4. The van der Waals surface area contributed by atoms with Crippen LogP contribution in [0.2, 0.25) is 10.0 Å². The Bertz CT molecular complexity index is 1300. The fourth-order valence-corrected chi connectivity index (χ4v) is 3.63. The van der Waals surface area contributed by atoms with Crippen LogP contribution in [-0.4, -0.2) is 25.0 Å². The monoisotopic (exact) mass is 496 g/mol. The molecule has 0 aromatic heterocycles. The van der Waals surface area contributed by atoms with E-state index < -0.39 is 17.8 Å². The van der Waals surface area contributed by atoms with Crippen LogP contribution in [0, 0.1) is 0 Å². The average molecular weight is 497 g/mol. The minimum Gasteiger partial charge on any atom is -0.493 e. The summed E-state index contributed by atoms with van der Waals surface area (Å²) in [5.74, 6) is -0.690. The Hall–Kier alpha value is -3.81. The molecule has 0 bridgehead atoms. The molecular formula is C25H18Cl2N2O5. The van der Waals surface area contributed by atoms with Gasteiger partial charge in [-0.05, 0) is 54.1 Å². The van der Waals surface area contributed by atoms with E-state index in [0.717, 1.165) is 10.5 Å². The van der Waals surface area contributed by atoms with E-state index in [4.69, 9.17) is 32.7 Å². The highest BCUT2D eigenvalue weighted by atomic mass is 35.5. The van der Waals surface area contributed by atoms with Crippen LogP contribution in [0.3, 0.4) is 0 Å². The molecule has 172 valence electrons. The van der Waals surface area contributed by atoms with Gasteiger partial charge in [0.25, 0.3) is 11.8 Å². The smallest absolute Gasteiger partial charge is 0.335 e. The van der Waals surface area contributed by atoms with Crippen molar-refractivity contribution >= 4 is 52.8 Å². The fraction of sp³-hybridized carbons (Fsp3) is 0.0800. The second kappa shape index (κ2) is 9.99. The van der Waals surface area contributed by atoms with Crippen LogP contribution in [0.15, 0.2) is 72.3 Å². The molecule has 1 fully saturated rings. The van der Waals surface area contributed by atoms with Gasteiger partial charge in [-0.1, -0.05) is 47.5 Å². The average Bonchev–Trinajstić information content (AvgIpc) is 2.82. The summed E-state index contributed by atoms with van der Waals surface area (Å²) in [7, 11) is 1.48. The van der Waals surface area contributed by atoms with Crippen LogP contribution in [0.1, 0.15) is 11.1 Å². The number of anilines is 1. The quantitative estimate of drug-likeness (QED) is 0.372. The van der Waals surface area contributed by atoms with Gasteiger partial charge in [0.15, 0.2) is 11.5 Å². The van der Waals surface area contributed by atoms with Gasteiger partial charge in [-0.25, -0.2) is 9.69 Å². The minimum atomic E-state index is -0.838. The van der Waals surface area contributed by atoms with Gasteiger partial charge in [-0.2, -0.15) is 0 Å². The summed E-state index contributed by atoms with van der Waals surface area (Å²) in [6, 6.07) is 17.6. The lowest BCUT2D eigenvalue weighted by molar-refractivity contribution is -0.122. The first-order valence-corrected chi connectivity index (χ1v) is 10.8. The minimum absolute atomic E-state index is 0.207. The summed E-state index contributed by atoms with van der Waals surface area (Å²) in [6.07, 6.45) is 1.38. The predicted octanol–water partition coefficient (Wildman–Crippen LogP) is 5.25. The van der Waals surface area contributed by atoms with Gasteiger partial charge >= 0.3 is 6.03 Å². The second-order valence-electron chi connectivity index (χ2n) is 7.22. The van der Waals surface area contributed by atoms with Crippen LogP contribution < -0.4 is 19.7 Å². The zero-order chi connectivity index (χ0) is 24.2. The van der Waals surface area contributed by atoms with Crippen LogP contribution in [0.25, 0.3) is 6.08 Å². The normalized spacial score (nSPS) is 14.9. The number of urea groups is 1. The highest BCUT2D eigenvalue weighted by molar-refractivity contribution is 6.39. The number of amides is 4. The number of nitrogens with one attached hydrogen (secondary N) is 1. The van der Waals surface area contributed by atoms with Crippen molar-refractivity contribution in [3.63, 3.8) is 0 Å². The number of hydrogen-bond acceptors (Lipinski definition) is 5. The van der Waals surface area contributed by atoms with E-state index in [1.165, 1.54) is 25.3 Å². The number of hydrogen-bond donors (Lipinski definition) is 1. The van der Waals surface area contributed by atoms with Gasteiger partial charge in [-0.3, -0.25) is 14.9 Å². The SMILES string of the molecule is COc1cc(/C=C2\C(=O)NC(=O)N(c3ccc(Cl)cc3)C2=O)ccc1OCc1ccccc1Cl. The van der Waals surface area contributed by atoms with Crippen molar-refractivity contribution < 1.29 is 23.9 Å². The zero-order valence-electron chi connectivity index (χ0n) is 17.9. The summed E-state index contributed by atoms with van der Waals surface area (Å²) in [5, 5.41) is 3.22. The molecule has 7 nitrogen and oxygen atoms in total. The van der Waals surface area contributed by atoms with Crippen LogP contribution in [-0.2, 0) is 16.2 Å². The van der Waals surface area contributed by atoms with Crippen molar-refractivity contribution in [3.8, 4) is 11.5 Å². The van der Waals surface area contributed by atoms with Crippen molar-refractivity contribution in [1.29, 1.82) is 0 Å². The molecule has 34 heavy (non-hydrogen) atoms. The molecule has 1 heterocycles. The lowest BCUT2D eigenvalue weighted by Gasteiger charge is -2.26. The number of benzene rings is 3. The lowest BCUT2D eigenvalue weighted by atomic mass is 10.1. The molecule has 0 atom stereocenters. The number of carbonyl (C=O) groups excluding carboxylic acids is 3. The number of methoxy groups -OCH3 is 1. The van der Waals surface area contributed by atoms with Crippen molar-refractivity contribution in [2.75, 3.05) is 12.0 Å². The Labute approximate surface area is 205 Å². The number of imide groups is 2. The third kappa shape index (κ3) is 4.90. The summed E-state index contributed by atoms with van der Waals surface area (Å²) < 4.78 is 11.3. The fourth-order valence-electron chi connectivity index (χ4n) is 3.31. The van der Waals surface area contributed by atoms with E-state index in [9.17, 15) is 14.4 Å². The number of nitrogens with zero attached hydrogens (tertiary/aromatic N) is 1. The van der Waals surface area contributed by atoms with E-state index in [-0.39, 0.29) is 17.9 Å². The predicted molar refractivity (Wildman–Crippen MR) is 129 cm³/mol. The lowest BCUT2D eigenvalue weighted by Crippen LogP contribution is -2.54. The van der Waals surface area contributed by atoms with Crippen LogP contribution in [0.4, 0.5) is 10.5 Å². The molecule has 3 aromatic carbocycles. The molecule has 9 heteroatoms. The van der Waals surface area contributed by atoms with Crippen molar-refractivity contribution in [1.82, 2.24) is 5.32 Å². The second-order valence-corrected chi connectivity index (χ2v) is 8.07. The molecule has 1 aliphatic rings. The number of ether oxygens (including phenoxy) is 2. The number of halogens is 2. The first kappa shape index (κ1) is 23.4. The molecule has 0 spiro atoms. The third-order valence-corrected chi connectivity index (χ3v) is 5.65. The topological polar surface area (TPSA) is 84.9 Å². The number of barbiturate groups is 1. The van der Waals surface area contributed by atoms with Crippen molar-refractivity contribution in [2.45, 2.75) is 6.61 Å². The molecule has 0 saturated carbocycles. The molecule has 1 saturated heterocycles. The molecule has 1 aliphatic heterocycles. The maximum Gasteiger partial charge on any atom is 0.335 e. The maximum absolute atomic E-state index is 13.0. The Morgan fingerprint density at radius 2 is 1.68 bits per heavy atom. The molecule has 0 unspecified atom stereocenters. The third-order valence-electron chi connectivity index (χ3n) is 5.03. The van der Waals surface area contributed by atoms with E-state index in [1.54, 1.807) is 36.4 Å². The van der Waals surface area contributed by atoms with Gasteiger partial charge in [-0.15, -0.1) is 0 Å². The van der Waals surface area contributed by atoms with E-state index in [2.05, 4.69) is 5.32 Å². The number of rotatable bonds is 6. The Kier molecular flexibility index (Phi) is 6.86. The molecule has 4 rings (SSSR count). The molecule has 4 amide bonds. The summed E-state index contributed by atoms with van der Waals surface area (Å²) in [4.78, 5) is 38.6. The van der Waals surface area contributed by atoms with Crippen molar-refractivity contribution in [3.05, 3.63) is 93.5 Å². The standard InChI is InChI=1S/C25H18Cl2N2O5/c1-33-22-13-15(6-11-21(22)34-14-16-4-2-3-5-20(16)27)12-19-23(30)28-25(32)29(24(19)31)18-9-7-17(26)8-10-18/h2-13H,14H2,1H3,(H,28,30,32)/b19-12+. The maximum atomic E-state index is 13.0. The highest BCUT2D eigenvalue weighted by Gasteiger charge is 2.36. The van der Waals surface area contributed by atoms with E-state index >= 15 is 0 Å². The van der Waals surface area contributed by atoms with Gasteiger partial charge < -0.3 is 9.47 Å². The Morgan fingerprint density at radius 3 is 2.38 bits per heavy atom. The van der Waals surface area contributed by atoms with Gasteiger partial charge in [0.2, 0.25) is 0 Å². The molecule has 1 N–H and O–H groups in total. The molecular weight excluding hydrogens is 479 g/mol. The first-order valence-electron chi connectivity index (χ1n) is 10.1. The largest absolute Gasteiger partial charge is 0.493 e. The highest BCUT2D eigenvalue weighted by Crippen LogP contribution is 2.31. The van der Waals surface area contributed by atoms with E-state index in [0.29, 0.717) is 27.1 Å².